The van der Waals surface area contributed by atoms with Crippen molar-refractivity contribution in [2.45, 2.75) is 31.7 Å². The second-order valence-electron chi connectivity index (χ2n) is 5.52. The van der Waals surface area contributed by atoms with Crippen molar-refractivity contribution in [1.82, 2.24) is 0 Å². The van der Waals surface area contributed by atoms with E-state index in [0.29, 0.717) is 12.0 Å². The Kier molecular flexibility index (Phi) is 3.66. The van der Waals surface area contributed by atoms with Crippen LogP contribution in [-0.4, -0.2) is 6.04 Å². The monoisotopic (exact) mass is 289 g/mol. The van der Waals surface area contributed by atoms with Crippen LogP contribution >= 0.6 is 11.6 Å². The van der Waals surface area contributed by atoms with Crippen LogP contribution in [0.2, 0.25) is 5.02 Å². The van der Waals surface area contributed by atoms with Gasteiger partial charge >= 0.3 is 0 Å². The average molecular weight is 290 g/mol. The van der Waals surface area contributed by atoms with E-state index in [1.54, 1.807) is 12.1 Å². The Morgan fingerprint density at radius 3 is 2.70 bits per heavy atom. The van der Waals surface area contributed by atoms with E-state index in [1.807, 2.05) is 24.3 Å². The first-order valence-corrected chi connectivity index (χ1v) is 7.28. The van der Waals surface area contributed by atoms with Gasteiger partial charge in [-0.05, 0) is 61.1 Å². The molecule has 0 aromatic heterocycles. The highest BCUT2D eigenvalue weighted by molar-refractivity contribution is 6.30. The normalized spacial score (nSPS) is 21.4. The summed E-state index contributed by atoms with van der Waals surface area (Å²) in [7, 11) is 0. The third kappa shape index (κ3) is 2.80. The summed E-state index contributed by atoms with van der Waals surface area (Å²) in [6.07, 6.45) is 2.07. The van der Waals surface area contributed by atoms with Gasteiger partial charge in [0.1, 0.15) is 5.82 Å². The molecule has 1 saturated carbocycles. The second-order valence-corrected chi connectivity index (χ2v) is 5.96. The molecule has 0 spiro atoms. The van der Waals surface area contributed by atoms with Gasteiger partial charge in [0.15, 0.2) is 0 Å². The molecule has 0 heterocycles. The summed E-state index contributed by atoms with van der Waals surface area (Å²) in [5, 5.41) is 4.27. The number of rotatable bonds is 3. The lowest BCUT2D eigenvalue weighted by atomic mass is 9.75. The molecule has 2 aromatic carbocycles. The summed E-state index contributed by atoms with van der Waals surface area (Å²) in [5.41, 5.74) is 3.40. The van der Waals surface area contributed by atoms with Crippen LogP contribution in [0.3, 0.4) is 0 Å². The molecule has 0 bridgehead atoms. The second kappa shape index (κ2) is 5.45. The summed E-state index contributed by atoms with van der Waals surface area (Å²) >= 11 is 6.02. The maximum absolute atomic E-state index is 13.2. The van der Waals surface area contributed by atoms with E-state index >= 15 is 0 Å². The maximum atomic E-state index is 13.2. The van der Waals surface area contributed by atoms with Gasteiger partial charge in [0, 0.05) is 16.8 Å². The minimum atomic E-state index is -0.149. The summed E-state index contributed by atoms with van der Waals surface area (Å²) in [6.45, 7) is 2.07. The van der Waals surface area contributed by atoms with Crippen molar-refractivity contribution in [2.75, 3.05) is 5.32 Å². The van der Waals surface area contributed by atoms with E-state index < -0.39 is 0 Å². The van der Waals surface area contributed by atoms with Crippen LogP contribution in [0.4, 0.5) is 10.1 Å². The molecular weight excluding hydrogens is 273 g/mol. The molecule has 1 N–H and O–H groups in total. The number of hydrogen-bond acceptors (Lipinski definition) is 1. The van der Waals surface area contributed by atoms with Crippen LogP contribution in [0.1, 0.15) is 29.9 Å². The van der Waals surface area contributed by atoms with Gasteiger partial charge in [-0.2, -0.15) is 0 Å². The molecule has 1 fully saturated rings. The van der Waals surface area contributed by atoms with E-state index in [9.17, 15) is 4.39 Å². The minimum absolute atomic E-state index is 0.149. The lowest BCUT2D eigenvalue weighted by Gasteiger charge is -2.37. The predicted octanol–water partition coefficient (Wildman–Crippen LogP) is 5.15. The van der Waals surface area contributed by atoms with Crippen LogP contribution in [0.15, 0.2) is 42.5 Å². The lowest BCUT2D eigenvalue weighted by Crippen LogP contribution is -2.34. The molecule has 20 heavy (non-hydrogen) atoms. The van der Waals surface area contributed by atoms with Crippen LogP contribution in [0.5, 0.6) is 0 Å². The number of halogens is 2. The summed E-state index contributed by atoms with van der Waals surface area (Å²) in [5.74, 6) is 0.312. The van der Waals surface area contributed by atoms with Crippen molar-refractivity contribution in [1.29, 1.82) is 0 Å². The minimum Gasteiger partial charge on any atom is -0.382 e. The smallest absolute Gasteiger partial charge is 0.123 e. The molecular formula is C17H17ClFN. The molecule has 0 saturated heterocycles. The highest BCUT2D eigenvalue weighted by Gasteiger charge is 2.30. The largest absolute Gasteiger partial charge is 0.382 e. The third-order valence-corrected chi connectivity index (χ3v) is 4.25. The zero-order chi connectivity index (χ0) is 14.1. The quantitative estimate of drug-likeness (QED) is 0.824. The Morgan fingerprint density at radius 1 is 1.15 bits per heavy atom. The van der Waals surface area contributed by atoms with E-state index in [-0.39, 0.29) is 5.82 Å². The van der Waals surface area contributed by atoms with Crippen molar-refractivity contribution in [3.8, 4) is 0 Å². The molecule has 104 valence electrons. The Hall–Kier alpha value is -1.54. The molecule has 0 atom stereocenters. The Balaban J connectivity index is 1.62. The van der Waals surface area contributed by atoms with Gasteiger partial charge in [0.25, 0.3) is 0 Å². The van der Waals surface area contributed by atoms with Gasteiger partial charge < -0.3 is 5.32 Å². The molecule has 1 aliphatic carbocycles. The number of nitrogens with one attached hydrogen (secondary N) is 1. The van der Waals surface area contributed by atoms with Crippen LogP contribution in [0.25, 0.3) is 0 Å². The Morgan fingerprint density at radius 2 is 1.95 bits per heavy atom. The fourth-order valence-electron chi connectivity index (χ4n) is 2.74. The Bertz CT molecular complexity index is 620. The molecule has 0 radical (unpaired) electrons. The van der Waals surface area contributed by atoms with E-state index in [4.69, 9.17) is 11.6 Å². The first-order chi connectivity index (χ1) is 9.61. The topological polar surface area (TPSA) is 12.0 Å². The van der Waals surface area contributed by atoms with Gasteiger partial charge in [0.05, 0.1) is 0 Å². The number of benzene rings is 2. The zero-order valence-corrected chi connectivity index (χ0v) is 12.1. The predicted molar refractivity (Wildman–Crippen MR) is 82.0 cm³/mol. The van der Waals surface area contributed by atoms with E-state index in [2.05, 4.69) is 12.2 Å². The van der Waals surface area contributed by atoms with E-state index in [0.717, 1.165) is 29.1 Å². The average Bonchev–Trinajstić information content (AvgIpc) is 2.37. The highest BCUT2D eigenvalue weighted by Crippen LogP contribution is 2.39. The molecule has 2 aromatic rings. The standard InChI is InChI=1S/C17H17ClFN/c1-11-5-6-14(18)10-17(11)20-16-8-13(9-16)12-3-2-4-15(19)7-12/h2-7,10,13,16,20H,8-9H2,1H3. The van der Waals surface area contributed by atoms with Gasteiger partial charge in [-0.25, -0.2) is 4.39 Å². The zero-order valence-electron chi connectivity index (χ0n) is 11.4. The fraction of sp³-hybridized carbons (Fsp3) is 0.294. The number of anilines is 1. The highest BCUT2D eigenvalue weighted by atomic mass is 35.5. The molecule has 3 rings (SSSR count). The third-order valence-electron chi connectivity index (χ3n) is 4.02. The number of hydrogen-bond donors (Lipinski definition) is 1. The SMILES string of the molecule is Cc1ccc(Cl)cc1NC1CC(c2cccc(F)c2)C1. The fourth-order valence-corrected chi connectivity index (χ4v) is 2.91. The van der Waals surface area contributed by atoms with Crippen molar-refractivity contribution in [2.24, 2.45) is 0 Å². The van der Waals surface area contributed by atoms with E-state index in [1.165, 1.54) is 11.6 Å². The van der Waals surface area contributed by atoms with Gasteiger partial charge in [-0.15, -0.1) is 0 Å². The maximum Gasteiger partial charge on any atom is 0.123 e. The molecule has 0 unspecified atom stereocenters. The molecule has 0 aliphatic heterocycles. The first-order valence-electron chi connectivity index (χ1n) is 6.90. The lowest BCUT2D eigenvalue weighted by molar-refractivity contribution is 0.373. The van der Waals surface area contributed by atoms with Crippen LogP contribution in [-0.2, 0) is 0 Å². The van der Waals surface area contributed by atoms with Gasteiger partial charge in [0.2, 0.25) is 0 Å². The first kappa shape index (κ1) is 13.4. The molecule has 3 heteroatoms. The summed E-state index contributed by atoms with van der Waals surface area (Å²) in [4.78, 5) is 0. The summed E-state index contributed by atoms with van der Waals surface area (Å²) < 4.78 is 13.2. The van der Waals surface area contributed by atoms with Crippen molar-refractivity contribution in [3.63, 3.8) is 0 Å². The molecule has 1 aliphatic rings. The van der Waals surface area contributed by atoms with Crippen molar-refractivity contribution in [3.05, 3.63) is 64.4 Å². The van der Waals surface area contributed by atoms with Crippen molar-refractivity contribution < 1.29 is 4.39 Å². The van der Waals surface area contributed by atoms with Crippen molar-refractivity contribution >= 4 is 17.3 Å². The molecule has 0 amide bonds. The van der Waals surface area contributed by atoms with Crippen LogP contribution in [0, 0.1) is 12.7 Å². The van der Waals surface area contributed by atoms with Crippen LogP contribution < -0.4 is 5.32 Å². The van der Waals surface area contributed by atoms with Gasteiger partial charge in [-0.1, -0.05) is 29.8 Å². The molecule has 1 nitrogen and oxygen atoms in total. The Labute approximate surface area is 123 Å². The number of aryl methyl sites for hydroxylation is 1. The van der Waals surface area contributed by atoms with Gasteiger partial charge in [-0.3, -0.25) is 0 Å². The summed E-state index contributed by atoms with van der Waals surface area (Å²) in [6, 6.07) is 13.3.